The number of carbonyl (C=O) groups excluding carboxylic acids is 1. The Morgan fingerprint density at radius 3 is 2.11 bits per heavy atom. The molecule has 1 rings (SSSR count). The number of hydrazine groups is 1. The lowest BCUT2D eigenvalue weighted by Gasteiger charge is -1.83. The molecule has 0 spiro atoms. The average molecular weight is 264 g/mol. The van der Waals surface area contributed by atoms with Crippen LogP contribution < -0.4 is 17.1 Å². The van der Waals surface area contributed by atoms with Crippen molar-refractivity contribution in [3.05, 3.63) is 12.7 Å². The summed E-state index contributed by atoms with van der Waals surface area (Å²) in [5.41, 5.74) is 4.22. The van der Waals surface area contributed by atoms with E-state index < -0.39 is 0 Å². The first kappa shape index (κ1) is 25.5. The monoisotopic (exact) mass is 264 g/mol. The second-order valence-electron chi connectivity index (χ2n) is 2.71. The van der Waals surface area contributed by atoms with Gasteiger partial charge in [-0.3, -0.25) is 16.5 Å². The van der Waals surface area contributed by atoms with Crippen molar-refractivity contribution in [1.82, 2.24) is 5.43 Å². The fourth-order valence-corrected chi connectivity index (χ4v) is 0.824. The molecule has 1 heterocycles. The number of carbonyl (C=O) groups is 1. The highest BCUT2D eigenvalue weighted by atomic mass is 16.2. The van der Waals surface area contributed by atoms with Gasteiger partial charge in [0.15, 0.2) is 5.78 Å². The average Bonchev–Trinajstić information content (AvgIpc) is 2.96. The second-order valence-corrected chi connectivity index (χ2v) is 2.71. The number of nitrogens with one attached hydrogen (secondary N) is 1. The number of aliphatic hydroxyl groups is 1. The molecule has 0 aromatic heterocycles. The summed E-state index contributed by atoms with van der Waals surface area (Å²) in [5.74, 6) is 8.11. The van der Waals surface area contributed by atoms with E-state index in [-0.39, 0.29) is 11.3 Å². The molecule has 0 saturated carbocycles. The molecular weight excluding hydrogens is 236 g/mol. The first-order valence-electron chi connectivity index (χ1n) is 5.46. The lowest BCUT2D eigenvalue weighted by atomic mass is 10.2. The molecule has 8 N–H and O–H groups in total. The zero-order valence-electron chi connectivity index (χ0n) is 11.6. The third-order valence-corrected chi connectivity index (χ3v) is 1.75. The topological polar surface area (TPSA) is 145 Å². The molecule has 0 radical (unpaired) electrons. The summed E-state index contributed by atoms with van der Waals surface area (Å²) in [6.45, 7) is 8.27. The van der Waals surface area contributed by atoms with Gasteiger partial charge in [0.2, 0.25) is 0 Å². The van der Waals surface area contributed by atoms with Crippen molar-refractivity contribution in [1.29, 1.82) is 0 Å². The van der Waals surface area contributed by atoms with Gasteiger partial charge in [0.1, 0.15) is 0 Å². The zero-order chi connectivity index (χ0) is 14.1. The summed E-state index contributed by atoms with van der Waals surface area (Å²) in [5, 5.41) is 11.0. The van der Waals surface area contributed by atoms with E-state index in [9.17, 15) is 4.79 Å². The van der Waals surface area contributed by atoms with Crippen molar-refractivity contribution in [2.45, 2.75) is 33.1 Å². The molecule has 0 atom stereocenters. The van der Waals surface area contributed by atoms with Gasteiger partial charge in [0.25, 0.3) is 0 Å². The van der Waals surface area contributed by atoms with Crippen LogP contribution in [0, 0.1) is 0 Å². The minimum atomic E-state index is 0. The fourth-order valence-electron chi connectivity index (χ4n) is 0.824. The minimum Gasteiger partial charge on any atom is -0.412 e. The number of hydrogen-bond acceptors (Lipinski definition) is 6. The number of aliphatic hydroxyl groups excluding tert-OH is 1. The number of ketones is 1. The van der Waals surface area contributed by atoms with Gasteiger partial charge >= 0.3 is 0 Å². The van der Waals surface area contributed by atoms with Gasteiger partial charge in [0, 0.05) is 32.2 Å². The largest absolute Gasteiger partial charge is 0.412 e. The smallest absolute Gasteiger partial charge is 0.154 e. The van der Waals surface area contributed by atoms with Crippen LogP contribution in [-0.4, -0.2) is 35.7 Å². The number of nitrogens with two attached hydrogens (primary N) is 2. The van der Waals surface area contributed by atoms with E-state index in [1.165, 1.54) is 11.8 Å². The van der Waals surface area contributed by atoms with Gasteiger partial charge in [-0.1, -0.05) is 20.4 Å². The van der Waals surface area contributed by atoms with Crippen LogP contribution >= 0.6 is 0 Å². The SMILES string of the molecule is C=CC(=O)CC.CCC1=NNCC1.CO.NN.O. The van der Waals surface area contributed by atoms with E-state index in [1.54, 1.807) is 0 Å². The number of hydrogen-bond donors (Lipinski definition) is 4. The molecule has 0 fully saturated rings. The van der Waals surface area contributed by atoms with Crippen LogP contribution in [0.4, 0.5) is 0 Å². The van der Waals surface area contributed by atoms with Crippen LogP contribution in [0.25, 0.3) is 0 Å². The predicted octanol–water partition coefficient (Wildman–Crippen LogP) is -0.500. The van der Waals surface area contributed by atoms with Gasteiger partial charge in [-0.05, 0) is 12.5 Å². The Bertz CT molecular complexity index is 208. The highest BCUT2D eigenvalue weighted by molar-refractivity contribution is 5.88. The minimum absolute atomic E-state index is 0. The molecule has 0 bridgehead atoms. The molecule has 0 amide bonds. The Labute approximate surface area is 109 Å². The zero-order valence-corrected chi connectivity index (χ0v) is 11.6. The van der Waals surface area contributed by atoms with E-state index in [4.69, 9.17) is 5.11 Å². The lowest BCUT2D eigenvalue weighted by molar-refractivity contribution is -0.114. The molecule has 0 aliphatic carbocycles. The first-order valence-corrected chi connectivity index (χ1v) is 5.46. The van der Waals surface area contributed by atoms with Crippen LogP contribution in [-0.2, 0) is 4.79 Å². The Morgan fingerprint density at radius 1 is 1.50 bits per heavy atom. The van der Waals surface area contributed by atoms with Crippen LogP contribution in [0.5, 0.6) is 0 Å². The summed E-state index contributed by atoms with van der Waals surface area (Å²) in [4.78, 5) is 10.1. The van der Waals surface area contributed by atoms with Crippen LogP contribution in [0.1, 0.15) is 33.1 Å². The highest BCUT2D eigenvalue weighted by Crippen LogP contribution is 1.95. The van der Waals surface area contributed by atoms with Gasteiger partial charge < -0.3 is 16.0 Å². The summed E-state index contributed by atoms with van der Waals surface area (Å²) >= 11 is 0. The summed E-state index contributed by atoms with van der Waals surface area (Å²) in [6.07, 6.45) is 4.16. The van der Waals surface area contributed by atoms with Gasteiger partial charge in [0.05, 0.1) is 0 Å². The highest BCUT2D eigenvalue weighted by Gasteiger charge is 2.00. The van der Waals surface area contributed by atoms with Gasteiger partial charge in [-0.25, -0.2) is 0 Å². The third-order valence-electron chi connectivity index (χ3n) is 1.75. The lowest BCUT2D eigenvalue weighted by Crippen LogP contribution is -2.02. The van der Waals surface area contributed by atoms with Crippen molar-refractivity contribution in [3.63, 3.8) is 0 Å². The molecule has 0 aromatic carbocycles. The molecule has 0 saturated heterocycles. The third kappa shape index (κ3) is 20.2. The molecule has 0 aromatic rings. The maximum Gasteiger partial charge on any atom is 0.154 e. The van der Waals surface area contributed by atoms with Crippen molar-refractivity contribution in [2.24, 2.45) is 16.8 Å². The van der Waals surface area contributed by atoms with Crippen molar-refractivity contribution in [2.75, 3.05) is 13.7 Å². The van der Waals surface area contributed by atoms with Crippen molar-refractivity contribution < 1.29 is 15.4 Å². The van der Waals surface area contributed by atoms with Gasteiger partial charge in [-0.15, -0.1) is 0 Å². The number of hydrazone groups is 1. The standard InChI is InChI=1S/C5H10N2.C5H8O.CH4O.H4N2.H2O/c1-2-5-3-4-6-7-5;1-3-5(6)4-2;2*1-2;/h6H,2-4H2,1H3;3H,1,4H2,2H3;2H,1H3;1-2H2;1H2. The van der Waals surface area contributed by atoms with Crippen LogP contribution in [0.3, 0.4) is 0 Å². The van der Waals surface area contributed by atoms with Crippen molar-refractivity contribution in [3.8, 4) is 0 Å². The molecule has 7 heteroatoms. The summed E-state index contributed by atoms with van der Waals surface area (Å²) < 4.78 is 0. The molecule has 0 unspecified atom stereocenters. The van der Waals surface area contributed by atoms with E-state index in [2.05, 4.69) is 35.7 Å². The number of allylic oxidation sites excluding steroid dienone is 1. The molecular formula is C11H28N4O3. The van der Waals surface area contributed by atoms with Crippen LogP contribution in [0.15, 0.2) is 17.8 Å². The Balaban J connectivity index is -0.0000000825. The van der Waals surface area contributed by atoms with Crippen LogP contribution in [0.2, 0.25) is 0 Å². The normalized spacial score (nSPS) is 10.4. The van der Waals surface area contributed by atoms with E-state index in [0.29, 0.717) is 6.42 Å². The summed E-state index contributed by atoms with van der Waals surface area (Å²) in [7, 11) is 1.00. The quantitative estimate of drug-likeness (QED) is 0.308. The predicted molar refractivity (Wildman–Crippen MR) is 76.0 cm³/mol. The molecule has 7 nitrogen and oxygen atoms in total. The number of rotatable bonds is 3. The maximum atomic E-state index is 10.1. The molecule has 110 valence electrons. The molecule has 1 aliphatic rings. The number of nitrogens with zero attached hydrogens (tertiary/aromatic N) is 1. The van der Waals surface area contributed by atoms with Crippen molar-refractivity contribution >= 4 is 11.5 Å². The molecule has 1 aliphatic heterocycles. The molecule has 18 heavy (non-hydrogen) atoms. The van der Waals surface area contributed by atoms with E-state index in [0.717, 1.165) is 26.5 Å². The van der Waals surface area contributed by atoms with E-state index in [1.807, 2.05) is 6.92 Å². The van der Waals surface area contributed by atoms with Gasteiger partial charge in [-0.2, -0.15) is 5.10 Å². The second kappa shape index (κ2) is 24.8. The Hall–Kier alpha value is -1.28. The van der Waals surface area contributed by atoms with E-state index >= 15 is 0 Å². The Kier molecular flexibility index (Phi) is 35.2. The maximum absolute atomic E-state index is 10.1. The first-order chi connectivity index (χ1) is 8.24. The Morgan fingerprint density at radius 2 is 2.00 bits per heavy atom. The fraction of sp³-hybridized carbons (Fsp3) is 0.636. The summed E-state index contributed by atoms with van der Waals surface area (Å²) in [6, 6.07) is 0.